The van der Waals surface area contributed by atoms with Gasteiger partial charge in [0.05, 0.1) is 16.9 Å². The summed E-state index contributed by atoms with van der Waals surface area (Å²) >= 11 is 0. The zero-order valence-corrected chi connectivity index (χ0v) is 18.5. The van der Waals surface area contributed by atoms with Gasteiger partial charge in [-0.3, -0.25) is 0 Å². The van der Waals surface area contributed by atoms with E-state index < -0.39 is 18.5 Å². The lowest BCUT2D eigenvalue weighted by Gasteiger charge is -2.13. The van der Waals surface area contributed by atoms with Gasteiger partial charge in [0.15, 0.2) is 5.82 Å². The summed E-state index contributed by atoms with van der Waals surface area (Å²) in [5.41, 5.74) is 3.32. The molecule has 3 heterocycles. The van der Waals surface area contributed by atoms with E-state index in [1.54, 1.807) is 23.1 Å². The fourth-order valence-electron chi connectivity index (χ4n) is 3.47. The minimum absolute atomic E-state index is 0.0645. The van der Waals surface area contributed by atoms with E-state index >= 15 is 0 Å². The van der Waals surface area contributed by atoms with Crippen LogP contribution in [0.15, 0.2) is 73.3 Å². The van der Waals surface area contributed by atoms with Crippen LogP contribution in [0.25, 0.3) is 28.0 Å². The third-order valence-electron chi connectivity index (χ3n) is 5.21. The van der Waals surface area contributed by atoms with Crippen LogP contribution in [0, 0.1) is 5.82 Å². The first kappa shape index (κ1) is 23.1. The fourth-order valence-corrected chi connectivity index (χ4v) is 3.47. The van der Waals surface area contributed by atoms with Gasteiger partial charge in [0.1, 0.15) is 30.5 Å². The zero-order valence-electron chi connectivity index (χ0n) is 18.5. The van der Waals surface area contributed by atoms with Gasteiger partial charge in [-0.2, -0.15) is 23.3 Å². The average molecular weight is 494 g/mol. The molecule has 0 aliphatic carbocycles. The Balaban J connectivity index is 1.42. The highest BCUT2D eigenvalue weighted by Crippen LogP contribution is 2.26. The number of nitrogens with zero attached hydrogens (tertiary/aromatic N) is 6. The molecule has 0 saturated heterocycles. The predicted molar refractivity (Wildman–Crippen MR) is 126 cm³/mol. The predicted octanol–water partition coefficient (Wildman–Crippen LogP) is 5.00. The third-order valence-corrected chi connectivity index (χ3v) is 5.21. The lowest BCUT2D eigenvalue weighted by Crippen LogP contribution is -2.22. The molecule has 0 fully saturated rings. The molecule has 0 bridgehead atoms. The van der Waals surface area contributed by atoms with Gasteiger partial charge in [-0.05, 0) is 54.1 Å². The molecular formula is C24H18F4N8. The van der Waals surface area contributed by atoms with Crippen molar-refractivity contribution in [2.45, 2.75) is 12.7 Å². The monoisotopic (exact) mass is 494 g/mol. The van der Waals surface area contributed by atoms with Crippen molar-refractivity contribution < 1.29 is 17.6 Å². The molecule has 0 aliphatic heterocycles. The molecule has 182 valence electrons. The second-order valence-corrected chi connectivity index (χ2v) is 7.80. The van der Waals surface area contributed by atoms with Crippen LogP contribution < -0.4 is 10.6 Å². The van der Waals surface area contributed by atoms with Gasteiger partial charge in [0.2, 0.25) is 5.95 Å². The summed E-state index contributed by atoms with van der Waals surface area (Å²) in [6.07, 6.45) is -1.43. The second-order valence-electron chi connectivity index (χ2n) is 7.80. The SMILES string of the molecule is Fc1ccc(-c2ccc3nc(NCc4ccc(-n5cncn5)cc4)nc(NCC(F)(F)F)c3n2)cc1. The second kappa shape index (κ2) is 9.56. The number of alkyl halides is 3. The molecular weight excluding hydrogens is 476 g/mol. The van der Waals surface area contributed by atoms with Crippen LogP contribution in [-0.4, -0.2) is 42.4 Å². The Kier molecular flexibility index (Phi) is 6.15. The third kappa shape index (κ3) is 5.37. The Morgan fingerprint density at radius 1 is 0.833 bits per heavy atom. The summed E-state index contributed by atoms with van der Waals surface area (Å²) in [5.74, 6) is -0.326. The standard InChI is InChI=1S/C24H18F4N8/c25-17-5-3-16(4-6-17)19-9-10-20-21(33-19)22(31-12-24(26,27)28)35-23(34-20)30-11-15-1-7-18(8-2-15)36-14-29-13-32-36/h1-10,13-14H,11-12H2,(H2,30,31,34,35). The normalized spacial score (nSPS) is 11.6. The van der Waals surface area contributed by atoms with Crippen LogP contribution in [0.2, 0.25) is 0 Å². The minimum Gasteiger partial charge on any atom is -0.359 e. The number of pyridine rings is 1. The largest absolute Gasteiger partial charge is 0.405 e. The molecule has 0 spiro atoms. The molecule has 0 amide bonds. The highest BCUT2D eigenvalue weighted by Gasteiger charge is 2.27. The maximum absolute atomic E-state index is 13.3. The smallest absolute Gasteiger partial charge is 0.359 e. The van der Waals surface area contributed by atoms with Crippen LogP contribution in [0.5, 0.6) is 0 Å². The van der Waals surface area contributed by atoms with Crippen molar-refractivity contribution >= 4 is 22.8 Å². The van der Waals surface area contributed by atoms with Crippen LogP contribution >= 0.6 is 0 Å². The number of aromatic nitrogens is 6. The van der Waals surface area contributed by atoms with Crippen LogP contribution in [0.4, 0.5) is 29.3 Å². The van der Waals surface area contributed by atoms with Crippen molar-refractivity contribution in [1.82, 2.24) is 29.7 Å². The van der Waals surface area contributed by atoms with E-state index in [4.69, 9.17) is 0 Å². The summed E-state index contributed by atoms with van der Waals surface area (Å²) < 4.78 is 53.7. The Morgan fingerprint density at radius 2 is 1.61 bits per heavy atom. The molecule has 12 heteroatoms. The molecule has 2 N–H and O–H groups in total. The maximum atomic E-state index is 13.3. The van der Waals surface area contributed by atoms with Gasteiger partial charge >= 0.3 is 6.18 Å². The van der Waals surface area contributed by atoms with E-state index in [1.165, 1.54) is 30.6 Å². The van der Waals surface area contributed by atoms with E-state index in [0.29, 0.717) is 23.3 Å². The summed E-state index contributed by atoms with van der Waals surface area (Å²) in [7, 11) is 0. The van der Waals surface area contributed by atoms with Crippen LogP contribution in [-0.2, 0) is 6.54 Å². The number of benzene rings is 2. The number of rotatable bonds is 7. The number of nitrogens with one attached hydrogen (secondary N) is 2. The Labute approximate surface area is 202 Å². The van der Waals surface area contributed by atoms with Gasteiger partial charge in [0.25, 0.3) is 0 Å². The average Bonchev–Trinajstić information content (AvgIpc) is 3.41. The fraction of sp³-hybridized carbons (Fsp3) is 0.125. The Hall–Kier alpha value is -4.61. The first-order chi connectivity index (χ1) is 17.3. The summed E-state index contributed by atoms with van der Waals surface area (Å²) in [6, 6.07) is 16.4. The van der Waals surface area contributed by atoms with Crippen molar-refractivity contribution in [1.29, 1.82) is 0 Å². The number of hydrogen-bond acceptors (Lipinski definition) is 7. The number of fused-ring (bicyclic) bond motifs is 1. The number of halogens is 4. The number of anilines is 2. The van der Waals surface area contributed by atoms with Gasteiger partial charge in [-0.1, -0.05) is 12.1 Å². The molecule has 0 aliphatic rings. The van der Waals surface area contributed by atoms with Crippen molar-refractivity contribution in [2.75, 3.05) is 17.2 Å². The molecule has 0 radical (unpaired) electrons. The van der Waals surface area contributed by atoms with Crippen molar-refractivity contribution in [3.05, 3.63) is 84.7 Å². The van der Waals surface area contributed by atoms with Gasteiger partial charge in [-0.15, -0.1) is 0 Å². The highest BCUT2D eigenvalue weighted by molar-refractivity contribution is 5.88. The highest BCUT2D eigenvalue weighted by atomic mass is 19.4. The molecule has 36 heavy (non-hydrogen) atoms. The Morgan fingerprint density at radius 3 is 2.31 bits per heavy atom. The lowest BCUT2D eigenvalue weighted by molar-refractivity contribution is -0.115. The van der Waals surface area contributed by atoms with Gasteiger partial charge in [0, 0.05) is 12.1 Å². The van der Waals surface area contributed by atoms with E-state index in [9.17, 15) is 17.6 Å². The topological polar surface area (TPSA) is 93.4 Å². The van der Waals surface area contributed by atoms with E-state index in [2.05, 4.69) is 35.7 Å². The van der Waals surface area contributed by atoms with Crippen LogP contribution in [0.3, 0.4) is 0 Å². The summed E-state index contributed by atoms with van der Waals surface area (Å²) in [6.45, 7) is -0.951. The van der Waals surface area contributed by atoms with Crippen LogP contribution in [0.1, 0.15) is 5.56 Å². The molecule has 3 aromatic heterocycles. The van der Waals surface area contributed by atoms with E-state index in [-0.39, 0.29) is 17.3 Å². The number of hydrogen-bond donors (Lipinski definition) is 2. The summed E-state index contributed by atoms with van der Waals surface area (Å²) in [5, 5.41) is 9.45. The maximum Gasteiger partial charge on any atom is 0.405 e. The van der Waals surface area contributed by atoms with Crippen molar-refractivity contribution in [3.63, 3.8) is 0 Å². The molecule has 8 nitrogen and oxygen atoms in total. The van der Waals surface area contributed by atoms with Gasteiger partial charge < -0.3 is 10.6 Å². The molecule has 0 atom stereocenters. The molecule has 5 rings (SSSR count). The quantitative estimate of drug-likeness (QED) is 0.308. The first-order valence-electron chi connectivity index (χ1n) is 10.8. The van der Waals surface area contributed by atoms with Gasteiger partial charge in [-0.25, -0.2) is 24.0 Å². The molecule has 2 aromatic carbocycles. The zero-order chi connectivity index (χ0) is 25.1. The first-order valence-corrected chi connectivity index (χ1v) is 10.8. The summed E-state index contributed by atoms with van der Waals surface area (Å²) in [4.78, 5) is 17.0. The van der Waals surface area contributed by atoms with E-state index in [0.717, 1.165) is 11.3 Å². The van der Waals surface area contributed by atoms with Crippen molar-refractivity contribution in [2.24, 2.45) is 0 Å². The van der Waals surface area contributed by atoms with Crippen molar-refractivity contribution in [3.8, 4) is 16.9 Å². The van der Waals surface area contributed by atoms with E-state index in [1.807, 2.05) is 24.3 Å². The lowest BCUT2D eigenvalue weighted by atomic mass is 10.1. The molecule has 0 unspecified atom stereocenters. The Bertz CT molecular complexity index is 1470. The molecule has 5 aromatic rings. The minimum atomic E-state index is -4.45. The molecule has 0 saturated carbocycles.